The van der Waals surface area contributed by atoms with Gasteiger partial charge in [-0.05, 0) is 25.5 Å². The van der Waals surface area contributed by atoms with Gasteiger partial charge in [-0.1, -0.05) is 22.9 Å². The lowest BCUT2D eigenvalue weighted by atomic mass is 9.99. The largest absolute Gasteiger partial charge is 0.504 e. The van der Waals surface area contributed by atoms with Crippen LogP contribution in [0.4, 0.5) is 0 Å². The zero-order chi connectivity index (χ0) is 13.8. The molecule has 0 aliphatic rings. The Hall–Kier alpha value is -0.780. The van der Waals surface area contributed by atoms with Crippen molar-refractivity contribution in [2.75, 3.05) is 13.7 Å². The summed E-state index contributed by atoms with van der Waals surface area (Å²) < 4.78 is 5.94. The minimum absolute atomic E-state index is 0.0510. The van der Waals surface area contributed by atoms with Crippen molar-refractivity contribution in [3.05, 3.63) is 22.2 Å². The van der Waals surface area contributed by atoms with Gasteiger partial charge in [0.25, 0.3) is 0 Å². The van der Waals surface area contributed by atoms with Crippen LogP contribution in [0.2, 0.25) is 0 Å². The van der Waals surface area contributed by atoms with Crippen LogP contribution < -0.4 is 10.1 Å². The van der Waals surface area contributed by atoms with Gasteiger partial charge in [0, 0.05) is 22.1 Å². The molecule has 0 bridgehead atoms. The molecular weight excluding hydrogens is 298 g/mol. The standard InChI is InChI=1S/C13H20BrNO3/c1-4-13(2,8-16)15-7-9-5-10(14)6-11(18-3)12(9)17/h5-6,15-17H,4,7-8H2,1-3H3. The predicted molar refractivity (Wildman–Crippen MR) is 75.0 cm³/mol. The van der Waals surface area contributed by atoms with Gasteiger partial charge >= 0.3 is 0 Å². The minimum atomic E-state index is -0.345. The van der Waals surface area contributed by atoms with Crippen LogP contribution in [-0.4, -0.2) is 29.5 Å². The summed E-state index contributed by atoms with van der Waals surface area (Å²) in [5.74, 6) is 0.563. The Morgan fingerprint density at radius 3 is 2.61 bits per heavy atom. The molecule has 0 heterocycles. The number of methoxy groups -OCH3 is 1. The van der Waals surface area contributed by atoms with Crippen molar-refractivity contribution in [1.82, 2.24) is 5.32 Å². The maximum absolute atomic E-state index is 10.0. The first kappa shape index (κ1) is 15.3. The molecule has 1 aromatic rings. The van der Waals surface area contributed by atoms with Crippen molar-refractivity contribution in [2.24, 2.45) is 0 Å². The molecule has 0 saturated heterocycles. The number of aliphatic hydroxyl groups is 1. The number of halogens is 1. The molecule has 0 aliphatic heterocycles. The third-order valence-electron chi connectivity index (χ3n) is 3.17. The van der Waals surface area contributed by atoms with Gasteiger partial charge in [0.15, 0.2) is 11.5 Å². The van der Waals surface area contributed by atoms with E-state index in [1.165, 1.54) is 7.11 Å². The van der Waals surface area contributed by atoms with Gasteiger partial charge in [-0.25, -0.2) is 0 Å². The van der Waals surface area contributed by atoms with Gasteiger partial charge < -0.3 is 20.3 Å². The monoisotopic (exact) mass is 317 g/mol. The molecule has 0 aliphatic carbocycles. The molecular formula is C13H20BrNO3. The van der Waals surface area contributed by atoms with E-state index >= 15 is 0 Å². The van der Waals surface area contributed by atoms with Crippen LogP contribution in [0.3, 0.4) is 0 Å². The Bertz CT molecular complexity index is 405. The fourth-order valence-electron chi connectivity index (χ4n) is 1.52. The number of phenolic OH excluding ortho intramolecular Hbond substituents is 1. The normalized spacial score (nSPS) is 14.3. The summed E-state index contributed by atoms with van der Waals surface area (Å²) in [5.41, 5.74) is 0.386. The van der Waals surface area contributed by atoms with Crippen molar-refractivity contribution in [3.63, 3.8) is 0 Å². The van der Waals surface area contributed by atoms with Crippen LogP contribution in [0.1, 0.15) is 25.8 Å². The van der Waals surface area contributed by atoms with Crippen molar-refractivity contribution >= 4 is 15.9 Å². The number of rotatable bonds is 6. The first-order valence-electron chi connectivity index (χ1n) is 5.87. The van der Waals surface area contributed by atoms with E-state index in [4.69, 9.17) is 4.74 Å². The highest BCUT2D eigenvalue weighted by Crippen LogP contribution is 2.33. The Morgan fingerprint density at radius 1 is 1.44 bits per heavy atom. The third-order valence-corrected chi connectivity index (χ3v) is 3.63. The Morgan fingerprint density at radius 2 is 2.11 bits per heavy atom. The number of phenols is 1. The molecule has 0 saturated carbocycles. The zero-order valence-electron chi connectivity index (χ0n) is 11.0. The summed E-state index contributed by atoms with van der Waals surface area (Å²) in [6.07, 6.45) is 0.801. The van der Waals surface area contributed by atoms with Gasteiger partial charge in [0.05, 0.1) is 13.7 Å². The van der Waals surface area contributed by atoms with Crippen LogP contribution in [0.25, 0.3) is 0 Å². The Kier molecular flexibility index (Phi) is 5.44. The van der Waals surface area contributed by atoms with Crippen LogP contribution in [0, 0.1) is 0 Å². The van der Waals surface area contributed by atoms with E-state index in [2.05, 4.69) is 21.2 Å². The molecule has 0 amide bonds. The minimum Gasteiger partial charge on any atom is -0.504 e. The molecule has 18 heavy (non-hydrogen) atoms. The van der Waals surface area contributed by atoms with E-state index in [0.29, 0.717) is 12.3 Å². The average molecular weight is 318 g/mol. The highest BCUT2D eigenvalue weighted by atomic mass is 79.9. The third kappa shape index (κ3) is 3.60. The lowest BCUT2D eigenvalue weighted by Crippen LogP contribution is -2.44. The molecule has 3 N–H and O–H groups in total. The molecule has 102 valence electrons. The molecule has 0 aromatic heterocycles. The lowest BCUT2D eigenvalue weighted by Gasteiger charge is -2.27. The SMILES string of the molecule is CCC(C)(CO)NCc1cc(Br)cc(OC)c1O. The molecule has 1 unspecified atom stereocenters. The summed E-state index contributed by atoms with van der Waals surface area (Å²) in [6, 6.07) is 3.54. The number of nitrogens with one attached hydrogen (secondary N) is 1. The predicted octanol–water partition coefficient (Wildman–Crippen LogP) is 2.41. The number of ether oxygens (including phenoxy) is 1. The van der Waals surface area contributed by atoms with Gasteiger partial charge in [-0.2, -0.15) is 0 Å². The van der Waals surface area contributed by atoms with E-state index in [1.54, 1.807) is 6.07 Å². The quantitative estimate of drug-likeness (QED) is 0.754. The van der Waals surface area contributed by atoms with Crippen LogP contribution in [-0.2, 0) is 6.54 Å². The van der Waals surface area contributed by atoms with Crippen LogP contribution in [0.5, 0.6) is 11.5 Å². The van der Waals surface area contributed by atoms with Gasteiger partial charge in [0.1, 0.15) is 0 Å². The highest BCUT2D eigenvalue weighted by molar-refractivity contribution is 9.10. The molecule has 1 atom stereocenters. The first-order valence-corrected chi connectivity index (χ1v) is 6.66. The summed E-state index contributed by atoms with van der Waals surface area (Å²) >= 11 is 3.37. The molecule has 1 rings (SSSR count). The van der Waals surface area contributed by atoms with Crippen molar-refractivity contribution in [1.29, 1.82) is 0 Å². The second-order valence-corrected chi connectivity index (χ2v) is 5.46. The molecule has 0 fully saturated rings. The van der Waals surface area contributed by atoms with Gasteiger partial charge in [-0.3, -0.25) is 0 Å². The fraction of sp³-hybridized carbons (Fsp3) is 0.538. The van der Waals surface area contributed by atoms with Gasteiger partial charge in [0.2, 0.25) is 0 Å². The Balaban J connectivity index is 2.88. The van der Waals surface area contributed by atoms with E-state index in [-0.39, 0.29) is 17.9 Å². The van der Waals surface area contributed by atoms with Crippen LogP contribution >= 0.6 is 15.9 Å². The maximum atomic E-state index is 10.0. The number of aliphatic hydroxyl groups excluding tert-OH is 1. The second kappa shape index (κ2) is 6.41. The smallest absolute Gasteiger partial charge is 0.162 e. The molecule has 1 aromatic carbocycles. The van der Waals surface area contributed by atoms with Crippen LogP contribution in [0.15, 0.2) is 16.6 Å². The highest BCUT2D eigenvalue weighted by Gasteiger charge is 2.21. The number of hydrogen-bond acceptors (Lipinski definition) is 4. The number of benzene rings is 1. The topological polar surface area (TPSA) is 61.7 Å². The number of hydrogen-bond donors (Lipinski definition) is 3. The van der Waals surface area contributed by atoms with Crippen molar-refractivity contribution in [2.45, 2.75) is 32.4 Å². The molecule has 4 nitrogen and oxygen atoms in total. The van der Waals surface area contributed by atoms with Gasteiger partial charge in [-0.15, -0.1) is 0 Å². The maximum Gasteiger partial charge on any atom is 0.162 e. The average Bonchev–Trinajstić information content (AvgIpc) is 2.38. The first-order chi connectivity index (χ1) is 8.45. The summed E-state index contributed by atoms with van der Waals surface area (Å²) in [5, 5.41) is 22.6. The lowest BCUT2D eigenvalue weighted by molar-refractivity contribution is 0.168. The summed E-state index contributed by atoms with van der Waals surface area (Å²) in [6.45, 7) is 4.46. The summed E-state index contributed by atoms with van der Waals surface area (Å²) in [7, 11) is 1.52. The van der Waals surface area contributed by atoms with E-state index < -0.39 is 0 Å². The van der Waals surface area contributed by atoms with E-state index in [9.17, 15) is 10.2 Å². The fourth-order valence-corrected chi connectivity index (χ4v) is 2.00. The Labute approximate surface area is 116 Å². The number of aromatic hydroxyl groups is 1. The van der Waals surface area contributed by atoms with Crippen molar-refractivity contribution < 1.29 is 14.9 Å². The second-order valence-electron chi connectivity index (χ2n) is 4.54. The van der Waals surface area contributed by atoms with E-state index in [1.807, 2.05) is 19.9 Å². The zero-order valence-corrected chi connectivity index (χ0v) is 12.5. The summed E-state index contributed by atoms with van der Waals surface area (Å²) in [4.78, 5) is 0. The molecule has 5 heteroatoms. The van der Waals surface area contributed by atoms with E-state index in [0.717, 1.165) is 16.5 Å². The molecule has 0 radical (unpaired) electrons. The molecule has 0 spiro atoms. The van der Waals surface area contributed by atoms with Crippen molar-refractivity contribution in [3.8, 4) is 11.5 Å².